The first-order valence-corrected chi connectivity index (χ1v) is 18.0. The van der Waals surface area contributed by atoms with E-state index in [0.29, 0.717) is 28.0 Å². The SMILES string of the molecule is CCCCCCCCCCC(=O)Oc1ccc(C#Cc2ccc(C(=O)Oc3ccc(C(=O)OC(CC)CCCCCC)cc3)cc2)cc1F. The third kappa shape index (κ3) is 14.7. The minimum atomic E-state index is -0.651. The van der Waals surface area contributed by atoms with E-state index in [-0.39, 0.29) is 24.2 Å². The predicted octanol–water partition coefficient (Wildman–Crippen LogP) is 10.8. The van der Waals surface area contributed by atoms with E-state index < -0.39 is 17.8 Å². The van der Waals surface area contributed by atoms with Crippen LogP contribution in [0.1, 0.15) is 149 Å². The molecule has 3 aromatic carbocycles. The molecule has 0 saturated heterocycles. The Labute approximate surface area is 291 Å². The largest absolute Gasteiger partial charge is 0.459 e. The molecular weight excluding hydrogens is 619 g/mol. The zero-order valence-corrected chi connectivity index (χ0v) is 29.4. The zero-order valence-electron chi connectivity index (χ0n) is 29.4. The lowest BCUT2D eigenvalue weighted by Gasteiger charge is -2.16. The molecule has 1 atom stereocenters. The summed E-state index contributed by atoms with van der Waals surface area (Å²) in [6.45, 7) is 6.37. The molecule has 0 aliphatic heterocycles. The Hall–Kier alpha value is -4.44. The van der Waals surface area contributed by atoms with Crippen LogP contribution in [0.5, 0.6) is 11.5 Å². The summed E-state index contributed by atoms with van der Waals surface area (Å²) in [5, 5.41) is 0. The van der Waals surface area contributed by atoms with Gasteiger partial charge in [0.2, 0.25) is 0 Å². The van der Waals surface area contributed by atoms with Gasteiger partial charge in [0.15, 0.2) is 11.6 Å². The second-order valence-electron chi connectivity index (χ2n) is 12.4. The van der Waals surface area contributed by atoms with Crippen molar-refractivity contribution in [3.05, 3.63) is 94.8 Å². The summed E-state index contributed by atoms with van der Waals surface area (Å²) in [6, 6.07) is 17.1. The quantitative estimate of drug-likeness (QED) is 0.0515. The predicted molar refractivity (Wildman–Crippen MR) is 191 cm³/mol. The molecule has 0 aliphatic rings. The van der Waals surface area contributed by atoms with Crippen molar-refractivity contribution >= 4 is 17.9 Å². The molecule has 3 aromatic rings. The maximum atomic E-state index is 14.6. The molecule has 0 amide bonds. The molecule has 0 bridgehead atoms. The lowest BCUT2D eigenvalue weighted by Crippen LogP contribution is -2.17. The van der Waals surface area contributed by atoms with Crippen molar-refractivity contribution in [3.63, 3.8) is 0 Å². The molecule has 0 fully saturated rings. The molecule has 0 aliphatic carbocycles. The molecule has 7 heteroatoms. The van der Waals surface area contributed by atoms with Gasteiger partial charge in [-0.3, -0.25) is 4.79 Å². The van der Waals surface area contributed by atoms with Crippen molar-refractivity contribution in [1.29, 1.82) is 0 Å². The molecule has 3 rings (SSSR count). The molecule has 0 saturated carbocycles. The summed E-state index contributed by atoms with van der Waals surface area (Å²) in [6.07, 6.45) is 15.3. The lowest BCUT2D eigenvalue weighted by molar-refractivity contribution is -0.134. The van der Waals surface area contributed by atoms with Crippen molar-refractivity contribution in [3.8, 4) is 23.3 Å². The molecule has 0 spiro atoms. The fourth-order valence-electron chi connectivity index (χ4n) is 5.26. The van der Waals surface area contributed by atoms with Crippen LogP contribution in [0, 0.1) is 17.7 Å². The monoisotopic (exact) mass is 670 g/mol. The van der Waals surface area contributed by atoms with Gasteiger partial charge in [0, 0.05) is 17.5 Å². The van der Waals surface area contributed by atoms with Crippen LogP contribution in [0.2, 0.25) is 0 Å². The number of rotatable bonds is 20. The number of esters is 3. The van der Waals surface area contributed by atoms with Crippen molar-refractivity contribution in [2.24, 2.45) is 0 Å². The molecule has 1 unspecified atom stereocenters. The lowest BCUT2D eigenvalue weighted by atomic mass is 10.1. The Morgan fingerprint density at radius 1 is 0.633 bits per heavy atom. The van der Waals surface area contributed by atoms with E-state index in [1.807, 2.05) is 6.92 Å². The highest BCUT2D eigenvalue weighted by atomic mass is 19.1. The van der Waals surface area contributed by atoms with Crippen LogP contribution in [-0.4, -0.2) is 24.0 Å². The van der Waals surface area contributed by atoms with Crippen LogP contribution in [0.25, 0.3) is 0 Å². The highest BCUT2D eigenvalue weighted by Crippen LogP contribution is 2.21. The average Bonchev–Trinajstić information content (AvgIpc) is 3.11. The summed E-state index contributed by atoms with van der Waals surface area (Å²) in [5.74, 6) is 4.02. The highest BCUT2D eigenvalue weighted by Gasteiger charge is 2.16. The summed E-state index contributed by atoms with van der Waals surface area (Å²) in [4.78, 5) is 37.5. The van der Waals surface area contributed by atoms with Crippen LogP contribution in [-0.2, 0) is 9.53 Å². The standard InChI is InChI=1S/C42H51FO6/c1-4-7-9-11-12-13-14-16-18-40(44)49-39-30-23-33(31-38(39)43)20-19-32-21-24-34(25-22-32)42(46)48-37-28-26-35(27-29-37)41(45)47-36(6-3)17-15-10-8-5-2/h21-31,36H,4-18H2,1-3H3. The zero-order chi connectivity index (χ0) is 35.3. The first kappa shape index (κ1) is 39.0. The fraction of sp³-hybridized carbons (Fsp3) is 0.452. The van der Waals surface area contributed by atoms with Crippen LogP contribution in [0.4, 0.5) is 4.39 Å². The molecule has 0 N–H and O–H groups in total. The summed E-state index contributed by atoms with van der Waals surface area (Å²) >= 11 is 0. The highest BCUT2D eigenvalue weighted by molar-refractivity contribution is 5.92. The number of benzene rings is 3. The summed E-state index contributed by atoms with van der Waals surface area (Å²) in [5.41, 5.74) is 1.77. The first-order chi connectivity index (χ1) is 23.8. The average molecular weight is 671 g/mol. The normalized spacial score (nSPS) is 11.3. The Morgan fingerprint density at radius 2 is 1.18 bits per heavy atom. The number of halogens is 1. The van der Waals surface area contributed by atoms with E-state index >= 15 is 0 Å². The summed E-state index contributed by atoms with van der Waals surface area (Å²) < 4.78 is 31.0. The maximum absolute atomic E-state index is 14.6. The Balaban J connectivity index is 1.45. The number of ether oxygens (including phenoxy) is 3. The van der Waals surface area contributed by atoms with Crippen LogP contribution < -0.4 is 9.47 Å². The molecule has 0 radical (unpaired) electrons. The van der Waals surface area contributed by atoms with Gasteiger partial charge >= 0.3 is 17.9 Å². The van der Waals surface area contributed by atoms with E-state index in [4.69, 9.17) is 14.2 Å². The van der Waals surface area contributed by atoms with Gasteiger partial charge in [0.1, 0.15) is 11.9 Å². The van der Waals surface area contributed by atoms with Crippen LogP contribution in [0.15, 0.2) is 66.7 Å². The molecule has 262 valence electrons. The second kappa shape index (κ2) is 22.2. The Bertz CT molecular complexity index is 1520. The van der Waals surface area contributed by atoms with E-state index in [1.165, 1.54) is 50.7 Å². The smallest absolute Gasteiger partial charge is 0.343 e. The number of carbonyl (C=O) groups is 3. The topological polar surface area (TPSA) is 78.9 Å². The third-order valence-corrected chi connectivity index (χ3v) is 8.27. The number of hydrogen-bond acceptors (Lipinski definition) is 6. The fourth-order valence-corrected chi connectivity index (χ4v) is 5.26. The Kier molecular flexibility index (Phi) is 17.7. The maximum Gasteiger partial charge on any atom is 0.343 e. The van der Waals surface area contributed by atoms with Gasteiger partial charge in [-0.25, -0.2) is 14.0 Å². The molecule has 49 heavy (non-hydrogen) atoms. The van der Waals surface area contributed by atoms with Crippen LogP contribution in [0.3, 0.4) is 0 Å². The van der Waals surface area contributed by atoms with Crippen molar-refractivity contribution in [2.45, 2.75) is 123 Å². The van der Waals surface area contributed by atoms with E-state index in [1.54, 1.807) is 54.6 Å². The van der Waals surface area contributed by atoms with Crippen molar-refractivity contribution in [1.82, 2.24) is 0 Å². The minimum Gasteiger partial charge on any atom is -0.459 e. The second-order valence-corrected chi connectivity index (χ2v) is 12.4. The number of hydrogen-bond donors (Lipinski definition) is 0. The van der Waals surface area contributed by atoms with Gasteiger partial charge < -0.3 is 14.2 Å². The van der Waals surface area contributed by atoms with E-state index in [9.17, 15) is 18.8 Å². The first-order valence-electron chi connectivity index (χ1n) is 18.0. The van der Waals surface area contributed by atoms with Gasteiger partial charge in [0.25, 0.3) is 0 Å². The number of carbonyl (C=O) groups excluding carboxylic acids is 3. The minimum absolute atomic E-state index is 0.106. The van der Waals surface area contributed by atoms with Crippen molar-refractivity contribution in [2.75, 3.05) is 0 Å². The van der Waals surface area contributed by atoms with Gasteiger partial charge in [-0.1, -0.05) is 96.8 Å². The summed E-state index contributed by atoms with van der Waals surface area (Å²) in [7, 11) is 0. The van der Waals surface area contributed by atoms with Crippen LogP contribution >= 0.6 is 0 Å². The van der Waals surface area contributed by atoms with Gasteiger partial charge in [-0.05, 0) is 92.4 Å². The van der Waals surface area contributed by atoms with Crippen molar-refractivity contribution < 1.29 is 33.0 Å². The molecule has 0 aromatic heterocycles. The Morgan fingerprint density at radius 3 is 1.82 bits per heavy atom. The molecule has 0 heterocycles. The van der Waals surface area contributed by atoms with E-state index in [0.717, 1.165) is 51.4 Å². The third-order valence-electron chi connectivity index (χ3n) is 8.27. The van der Waals surface area contributed by atoms with Gasteiger partial charge in [0.05, 0.1) is 11.1 Å². The van der Waals surface area contributed by atoms with Gasteiger partial charge in [-0.2, -0.15) is 0 Å². The molecular formula is C42H51FO6. The van der Waals surface area contributed by atoms with E-state index in [2.05, 4.69) is 25.7 Å². The van der Waals surface area contributed by atoms with Gasteiger partial charge in [-0.15, -0.1) is 0 Å². The molecule has 6 nitrogen and oxygen atoms in total. The number of unbranched alkanes of at least 4 members (excludes halogenated alkanes) is 10.